The second-order valence-electron chi connectivity index (χ2n) is 8.34. The fourth-order valence-electron chi connectivity index (χ4n) is 3.02. The van der Waals surface area contributed by atoms with E-state index < -0.39 is 17.4 Å². The van der Waals surface area contributed by atoms with Gasteiger partial charge in [0.05, 0.1) is 12.1 Å². The highest BCUT2D eigenvalue weighted by molar-refractivity contribution is 5.99. The van der Waals surface area contributed by atoms with Crippen LogP contribution in [0.15, 0.2) is 48.5 Å². The predicted octanol–water partition coefficient (Wildman–Crippen LogP) is 4.47. The number of benzene rings is 2. The van der Waals surface area contributed by atoms with Gasteiger partial charge >= 0.3 is 5.97 Å². The van der Waals surface area contributed by atoms with E-state index in [0.717, 1.165) is 16.7 Å². The maximum absolute atomic E-state index is 13.2. The van der Waals surface area contributed by atoms with Gasteiger partial charge in [0.25, 0.3) is 11.8 Å². The Hall–Kier alpha value is -3.41. The first-order valence-corrected chi connectivity index (χ1v) is 10.2. The number of amides is 2. The summed E-state index contributed by atoms with van der Waals surface area (Å²) in [6.07, 6.45) is 2.95. The monoisotopic (exact) mass is 422 g/mol. The molecule has 2 amide bonds. The van der Waals surface area contributed by atoms with Gasteiger partial charge in [-0.05, 0) is 77.4 Å². The van der Waals surface area contributed by atoms with Crippen molar-refractivity contribution in [3.63, 3.8) is 0 Å². The molecule has 0 saturated carbocycles. The molecule has 1 N–H and O–H groups in total. The summed E-state index contributed by atoms with van der Waals surface area (Å²) < 4.78 is 4.85. The van der Waals surface area contributed by atoms with E-state index in [4.69, 9.17) is 4.74 Å². The number of ether oxygens (including phenoxy) is 1. The summed E-state index contributed by atoms with van der Waals surface area (Å²) in [7, 11) is 0. The van der Waals surface area contributed by atoms with E-state index in [1.165, 1.54) is 11.1 Å². The third-order valence-corrected chi connectivity index (χ3v) is 4.43. The summed E-state index contributed by atoms with van der Waals surface area (Å²) in [6, 6.07) is 12.3. The van der Waals surface area contributed by atoms with Crippen molar-refractivity contribution in [3.8, 4) is 0 Å². The van der Waals surface area contributed by atoms with Crippen LogP contribution in [0, 0.1) is 13.8 Å². The summed E-state index contributed by atoms with van der Waals surface area (Å²) in [5, 5.41) is 1.36. The largest absolute Gasteiger partial charge is 0.463 e. The number of rotatable bonds is 5. The van der Waals surface area contributed by atoms with Crippen LogP contribution in [-0.4, -0.2) is 34.9 Å². The van der Waals surface area contributed by atoms with Gasteiger partial charge in [0.15, 0.2) is 0 Å². The van der Waals surface area contributed by atoms with Gasteiger partial charge in [-0.1, -0.05) is 29.3 Å². The molecule has 6 nitrogen and oxygen atoms in total. The molecular formula is C25H30N2O4. The van der Waals surface area contributed by atoms with Crippen LogP contribution in [0.5, 0.6) is 0 Å². The van der Waals surface area contributed by atoms with E-state index in [9.17, 15) is 14.4 Å². The maximum Gasteiger partial charge on any atom is 0.330 e. The van der Waals surface area contributed by atoms with Crippen molar-refractivity contribution in [3.05, 3.63) is 76.4 Å². The normalized spacial score (nSPS) is 11.3. The summed E-state index contributed by atoms with van der Waals surface area (Å²) in [4.78, 5) is 37.4. The van der Waals surface area contributed by atoms with Crippen molar-refractivity contribution >= 4 is 23.9 Å². The lowest BCUT2D eigenvalue weighted by Crippen LogP contribution is -2.55. The lowest BCUT2D eigenvalue weighted by molar-refractivity contribution is -0.137. The molecule has 164 valence electrons. The molecule has 6 heteroatoms. The van der Waals surface area contributed by atoms with Crippen molar-refractivity contribution in [2.75, 3.05) is 6.61 Å². The first-order valence-electron chi connectivity index (χ1n) is 10.2. The topological polar surface area (TPSA) is 75.7 Å². The van der Waals surface area contributed by atoms with Crippen LogP contribution < -0.4 is 5.43 Å². The summed E-state index contributed by atoms with van der Waals surface area (Å²) in [5.41, 5.74) is 5.75. The molecule has 0 atom stereocenters. The van der Waals surface area contributed by atoms with Gasteiger partial charge in [0, 0.05) is 17.2 Å². The number of hydrazine groups is 1. The molecule has 0 heterocycles. The molecular weight excluding hydrogens is 392 g/mol. The molecule has 0 unspecified atom stereocenters. The van der Waals surface area contributed by atoms with Gasteiger partial charge in [-0.15, -0.1) is 0 Å². The first-order chi connectivity index (χ1) is 14.5. The number of carbonyl (C=O) groups excluding carboxylic acids is 3. The lowest BCUT2D eigenvalue weighted by atomic mass is 10.0. The average molecular weight is 423 g/mol. The Morgan fingerprint density at radius 2 is 1.55 bits per heavy atom. The number of esters is 1. The minimum Gasteiger partial charge on any atom is -0.463 e. The Labute approximate surface area is 183 Å². The quantitative estimate of drug-likeness (QED) is 0.438. The fourth-order valence-corrected chi connectivity index (χ4v) is 3.02. The molecule has 0 saturated heterocycles. The predicted molar refractivity (Wildman–Crippen MR) is 121 cm³/mol. The Bertz CT molecular complexity index is 965. The van der Waals surface area contributed by atoms with Crippen molar-refractivity contribution in [1.29, 1.82) is 0 Å². The highest BCUT2D eigenvalue weighted by Crippen LogP contribution is 2.18. The number of hydrogen-bond donors (Lipinski definition) is 1. The number of carbonyl (C=O) groups is 3. The van der Waals surface area contributed by atoms with Gasteiger partial charge in [0.2, 0.25) is 0 Å². The Kier molecular flexibility index (Phi) is 7.75. The van der Waals surface area contributed by atoms with E-state index in [1.54, 1.807) is 37.3 Å². The van der Waals surface area contributed by atoms with E-state index >= 15 is 0 Å². The minimum atomic E-state index is -0.632. The lowest BCUT2D eigenvalue weighted by Gasteiger charge is -2.35. The third kappa shape index (κ3) is 6.81. The number of hydrogen-bond acceptors (Lipinski definition) is 4. The van der Waals surface area contributed by atoms with Gasteiger partial charge in [-0.25, -0.2) is 9.80 Å². The smallest absolute Gasteiger partial charge is 0.330 e. The number of nitrogens with one attached hydrogen (secondary N) is 1. The zero-order chi connectivity index (χ0) is 23.2. The second kappa shape index (κ2) is 10.1. The average Bonchev–Trinajstić information content (AvgIpc) is 2.69. The van der Waals surface area contributed by atoms with Crippen LogP contribution in [0.2, 0.25) is 0 Å². The summed E-state index contributed by atoms with van der Waals surface area (Å²) in [6.45, 7) is 11.5. The molecule has 0 aliphatic heterocycles. The van der Waals surface area contributed by atoms with Crippen LogP contribution in [0.3, 0.4) is 0 Å². The number of aryl methyl sites for hydroxylation is 2. The fraction of sp³-hybridized carbons (Fsp3) is 0.320. The molecule has 2 rings (SSSR count). The van der Waals surface area contributed by atoms with Crippen molar-refractivity contribution in [1.82, 2.24) is 10.4 Å². The minimum absolute atomic E-state index is 0.276. The molecule has 31 heavy (non-hydrogen) atoms. The third-order valence-electron chi connectivity index (χ3n) is 4.43. The molecule has 0 aliphatic rings. The van der Waals surface area contributed by atoms with Crippen LogP contribution >= 0.6 is 0 Å². The van der Waals surface area contributed by atoms with Gasteiger partial charge < -0.3 is 4.74 Å². The summed E-state index contributed by atoms with van der Waals surface area (Å²) >= 11 is 0. The zero-order valence-corrected chi connectivity index (χ0v) is 19.0. The van der Waals surface area contributed by atoms with E-state index in [2.05, 4.69) is 5.43 Å². The molecule has 0 radical (unpaired) electrons. The van der Waals surface area contributed by atoms with Crippen LogP contribution in [0.1, 0.15) is 65.1 Å². The zero-order valence-electron chi connectivity index (χ0n) is 19.0. The summed E-state index contributed by atoms with van der Waals surface area (Å²) in [5.74, 6) is -1.09. The Morgan fingerprint density at radius 1 is 0.968 bits per heavy atom. The highest BCUT2D eigenvalue weighted by atomic mass is 16.5. The second-order valence-corrected chi connectivity index (χ2v) is 8.34. The van der Waals surface area contributed by atoms with Gasteiger partial charge in [0.1, 0.15) is 0 Å². The SMILES string of the molecule is CCOC(=O)C=Cc1ccc(C(=O)NN(C(=O)c2cc(C)cc(C)c2)C(C)(C)C)cc1. The maximum atomic E-state index is 13.2. The van der Waals surface area contributed by atoms with Gasteiger partial charge in [-0.2, -0.15) is 0 Å². The van der Waals surface area contributed by atoms with Crippen molar-refractivity contribution in [2.45, 2.75) is 47.1 Å². The molecule has 0 bridgehead atoms. The van der Waals surface area contributed by atoms with Crippen LogP contribution in [0.25, 0.3) is 6.08 Å². The van der Waals surface area contributed by atoms with Gasteiger partial charge in [-0.3, -0.25) is 15.0 Å². The first kappa shape index (κ1) is 23.9. The molecule has 0 spiro atoms. The molecule has 2 aromatic carbocycles. The van der Waals surface area contributed by atoms with E-state index in [-0.39, 0.29) is 5.91 Å². The molecule has 2 aromatic rings. The Morgan fingerprint density at radius 3 is 2.06 bits per heavy atom. The van der Waals surface area contributed by atoms with Crippen molar-refractivity contribution < 1.29 is 19.1 Å². The molecule has 0 aliphatic carbocycles. The highest BCUT2D eigenvalue weighted by Gasteiger charge is 2.29. The Balaban J connectivity index is 2.19. The molecule has 0 aromatic heterocycles. The number of nitrogens with zero attached hydrogens (tertiary/aromatic N) is 1. The molecule has 0 fully saturated rings. The van der Waals surface area contributed by atoms with E-state index in [0.29, 0.717) is 17.7 Å². The van der Waals surface area contributed by atoms with Crippen LogP contribution in [0.4, 0.5) is 0 Å². The standard InChI is InChI=1S/C25H30N2O4/c1-7-31-22(28)13-10-19-8-11-20(12-9-19)23(29)26-27(25(4,5)6)24(30)21-15-17(2)14-18(3)16-21/h8-16H,7H2,1-6H3,(H,26,29). The van der Waals surface area contributed by atoms with E-state index in [1.807, 2.05) is 52.8 Å². The van der Waals surface area contributed by atoms with Crippen molar-refractivity contribution in [2.24, 2.45) is 0 Å². The van der Waals surface area contributed by atoms with Crippen LogP contribution in [-0.2, 0) is 9.53 Å².